The van der Waals surface area contributed by atoms with Crippen LogP contribution in [0.2, 0.25) is 0 Å². The normalized spacial score (nSPS) is 21.2. The molecule has 2 saturated heterocycles. The van der Waals surface area contributed by atoms with Crippen molar-refractivity contribution in [3.05, 3.63) is 114 Å². The van der Waals surface area contributed by atoms with Gasteiger partial charge >= 0.3 is 0 Å². The summed E-state index contributed by atoms with van der Waals surface area (Å²) in [7, 11) is 0. The van der Waals surface area contributed by atoms with Crippen molar-refractivity contribution >= 4 is 0 Å². The Labute approximate surface area is 223 Å². The molecule has 0 radical (unpaired) electrons. The molecule has 2 aliphatic heterocycles. The molecule has 0 bridgehead atoms. The van der Waals surface area contributed by atoms with Crippen molar-refractivity contribution in [1.82, 2.24) is 25.6 Å². The minimum atomic E-state index is 0.261. The Morgan fingerprint density at radius 1 is 0.579 bits per heavy atom. The van der Waals surface area contributed by atoms with E-state index in [0.29, 0.717) is 12.1 Å². The maximum atomic E-state index is 4.72. The largest absolute Gasteiger partial charge is 0.357 e. The Hall–Kier alpha value is -3.93. The van der Waals surface area contributed by atoms with Crippen LogP contribution >= 0.6 is 0 Å². The maximum Gasteiger partial charge on any atom is 0.123 e. The predicted molar refractivity (Wildman–Crippen MR) is 154 cm³/mol. The van der Waals surface area contributed by atoms with E-state index in [1.54, 1.807) is 0 Å². The number of aromatic nitrogens is 3. The van der Waals surface area contributed by atoms with Gasteiger partial charge in [-0.2, -0.15) is 0 Å². The highest BCUT2D eigenvalue weighted by Gasteiger charge is 2.27. The Balaban J connectivity index is 1.02. The summed E-state index contributed by atoms with van der Waals surface area (Å²) >= 11 is 0. The van der Waals surface area contributed by atoms with Crippen LogP contribution in [-0.2, 0) is 0 Å². The first kappa shape index (κ1) is 23.2. The molecule has 3 atom stereocenters. The standard InChI is InChI=1S/C33H33N5/c1-2-5-24(6-3-1)27-17-19-31(37-27)33-35-21-32(38-33)26-14-10-23(11-15-26)22-8-12-25(13-9-22)28-16-18-30(36-28)29-7-4-20-34-29/h1-3,5-6,8-16,18,21,27,29,31,34,36-37H,4,7,17,19-20H2,(H,35,38)/t27-,29?,31+/m1/s1. The van der Waals surface area contributed by atoms with Crippen LogP contribution in [0.3, 0.4) is 0 Å². The van der Waals surface area contributed by atoms with Crippen molar-refractivity contribution in [1.29, 1.82) is 0 Å². The molecule has 0 aliphatic carbocycles. The number of hydrogen-bond donors (Lipinski definition) is 4. The van der Waals surface area contributed by atoms with Gasteiger partial charge in [-0.05, 0) is 72.2 Å². The zero-order valence-corrected chi connectivity index (χ0v) is 21.5. The molecule has 0 amide bonds. The zero-order valence-electron chi connectivity index (χ0n) is 21.5. The van der Waals surface area contributed by atoms with Gasteiger partial charge in [-0.25, -0.2) is 4.98 Å². The van der Waals surface area contributed by atoms with Crippen LogP contribution in [0.25, 0.3) is 33.6 Å². The number of nitrogens with one attached hydrogen (secondary N) is 4. The number of H-pyrrole nitrogens is 2. The van der Waals surface area contributed by atoms with E-state index < -0.39 is 0 Å². The second-order valence-electron chi connectivity index (χ2n) is 10.6. The third-order valence-electron chi connectivity index (χ3n) is 8.14. The molecular formula is C33H33N5. The van der Waals surface area contributed by atoms with Crippen LogP contribution in [0.1, 0.15) is 60.9 Å². The highest BCUT2D eigenvalue weighted by Crippen LogP contribution is 2.34. The van der Waals surface area contributed by atoms with E-state index in [2.05, 4.69) is 112 Å². The molecule has 5 heteroatoms. The average molecular weight is 500 g/mol. The summed E-state index contributed by atoms with van der Waals surface area (Å²) in [6.45, 7) is 1.11. The lowest BCUT2D eigenvalue weighted by molar-refractivity contribution is 0.555. The van der Waals surface area contributed by atoms with Gasteiger partial charge in [-0.3, -0.25) is 0 Å². The van der Waals surface area contributed by atoms with Gasteiger partial charge in [-0.15, -0.1) is 0 Å². The first-order valence-electron chi connectivity index (χ1n) is 13.8. The molecule has 4 N–H and O–H groups in total. The maximum absolute atomic E-state index is 4.72. The second-order valence-corrected chi connectivity index (χ2v) is 10.6. The van der Waals surface area contributed by atoms with Crippen LogP contribution in [0, 0.1) is 0 Å². The average Bonchev–Trinajstić information content (AvgIpc) is 3.80. The Morgan fingerprint density at radius 3 is 1.97 bits per heavy atom. The van der Waals surface area contributed by atoms with Gasteiger partial charge < -0.3 is 20.6 Å². The van der Waals surface area contributed by atoms with Gasteiger partial charge in [0.25, 0.3) is 0 Å². The molecular weight excluding hydrogens is 466 g/mol. The Kier molecular flexibility index (Phi) is 6.16. The molecule has 3 aromatic carbocycles. The van der Waals surface area contributed by atoms with Crippen LogP contribution in [-0.4, -0.2) is 21.5 Å². The summed E-state index contributed by atoms with van der Waals surface area (Å²) < 4.78 is 0. The van der Waals surface area contributed by atoms with Gasteiger partial charge in [0.05, 0.1) is 17.9 Å². The van der Waals surface area contributed by atoms with Gasteiger partial charge in [0.2, 0.25) is 0 Å². The fraction of sp³-hybridized carbons (Fsp3) is 0.242. The quantitative estimate of drug-likeness (QED) is 0.198. The molecule has 0 spiro atoms. The monoisotopic (exact) mass is 499 g/mol. The summed E-state index contributed by atoms with van der Waals surface area (Å²) in [5.41, 5.74) is 9.69. The summed E-state index contributed by atoms with van der Waals surface area (Å²) in [5, 5.41) is 7.32. The fourth-order valence-electron chi connectivity index (χ4n) is 5.99. The van der Waals surface area contributed by atoms with E-state index in [9.17, 15) is 0 Å². The molecule has 5 aromatic rings. The van der Waals surface area contributed by atoms with Crippen molar-refractivity contribution in [3.63, 3.8) is 0 Å². The first-order valence-corrected chi connectivity index (χ1v) is 13.8. The lowest BCUT2D eigenvalue weighted by Gasteiger charge is -2.13. The lowest BCUT2D eigenvalue weighted by Crippen LogP contribution is -2.18. The van der Waals surface area contributed by atoms with Gasteiger partial charge in [0.15, 0.2) is 0 Å². The van der Waals surface area contributed by atoms with Crippen molar-refractivity contribution in [3.8, 4) is 33.6 Å². The third-order valence-corrected chi connectivity index (χ3v) is 8.14. The molecule has 2 fully saturated rings. The molecule has 190 valence electrons. The summed E-state index contributed by atoms with van der Waals surface area (Å²) in [4.78, 5) is 11.9. The van der Waals surface area contributed by atoms with E-state index in [4.69, 9.17) is 4.98 Å². The highest BCUT2D eigenvalue weighted by atomic mass is 15.1. The molecule has 4 heterocycles. The number of benzene rings is 3. The number of imidazole rings is 1. The van der Waals surface area contributed by atoms with Crippen molar-refractivity contribution in [2.75, 3.05) is 6.54 Å². The smallest absolute Gasteiger partial charge is 0.123 e. The van der Waals surface area contributed by atoms with E-state index in [0.717, 1.165) is 36.5 Å². The van der Waals surface area contributed by atoms with E-state index in [1.165, 1.54) is 46.5 Å². The number of nitrogens with zero attached hydrogens (tertiary/aromatic N) is 1. The zero-order chi connectivity index (χ0) is 25.3. The van der Waals surface area contributed by atoms with Crippen LogP contribution in [0.15, 0.2) is 97.2 Å². The molecule has 7 rings (SSSR count). The minimum absolute atomic E-state index is 0.261. The molecule has 2 aromatic heterocycles. The molecule has 0 saturated carbocycles. The van der Waals surface area contributed by atoms with Crippen molar-refractivity contribution in [2.45, 2.75) is 43.8 Å². The van der Waals surface area contributed by atoms with Crippen LogP contribution in [0.5, 0.6) is 0 Å². The first-order chi connectivity index (χ1) is 18.8. The van der Waals surface area contributed by atoms with Crippen molar-refractivity contribution < 1.29 is 0 Å². The summed E-state index contributed by atoms with van der Waals surface area (Å²) in [6.07, 6.45) is 6.63. The predicted octanol–water partition coefficient (Wildman–Crippen LogP) is 7.33. The second kappa shape index (κ2) is 10.1. The number of hydrogen-bond acceptors (Lipinski definition) is 3. The van der Waals surface area contributed by atoms with Gasteiger partial charge in [0.1, 0.15) is 5.82 Å². The fourth-order valence-corrected chi connectivity index (χ4v) is 5.99. The lowest BCUT2D eigenvalue weighted by atomic mass is 10.0. The molecule has 38 heavy (non-hydrogen) atoms. The number of aromatic amines is 2. The Morgan fingerprint density at radius 2 is 1.26 bits per heavy atom. The SMILES string of the molecule is c1ccc([C@H]2CC[C@@H](c3ncc(-c4ccc(-c5ccc(-c6ccc(C7CCCN7)[nH]6)cc5)cc4)[nH]3)N2)cc1. The summed E-state index contributed by atoms with van der Waals surface area (Å²) in [6, 6.07) is 33.8. The van der Waals surface area contributed by atoms with Crippen LogP contribution < -0.4 is 10.6 Å². The molecule has 5 nitrogen and oxygen atoms in total. The van der Waals surface area contributed by atoms with Gasteiger partial charge in [0, 0.05) is 23.5 Å². The molecule has 1 unspecified atom stereocenters. The third kappa shape index (κ3) is 4.60. The van der Waals surface area contributed by atoms with Crippen molar-refractivity contribution in [2.24, 2.45) is 0 Å². The highest BCUT2D eigenvalue weighted by molar-refractivity contribution is 5.71. The minimum Gasteiger partial charge on any atom is -0.357 e. The van der Waals surface area contributed by atoms with Crippen LogP contribution in [0.4, 0.5) is 0 Å². The molecule has 2 aliphatic rings. The van der Waals surface area contributed by atoms with E-state index in [-0.39, 0.29) is 6.04 Å². The Bertz CT molecular complexity index is 1490. The topological polar surface area (TPSA) is 68.5 Å². The van der Waals surface area contributed by atoms with E-state index in [1.807, 2.05) is 6.20 Å². The number of rotatable bonds is 6. The van der Waals surface area contributed by atoms with E-state index >= 15 is 0 Å². The van der Waals surface area contributed by atoms with Gasteiger partial charge in [-0.1, -0.05) is 78.9 Å². The summed E-state index contributed by atoms with van der Waals surface area (Å²) in [5.74, 6) is 1.02.